The molecule has 2 aromatic heterocycles. The maximum atomic E-state index is 13.5. The van der Waals surface area contributed by atoms with Gasteiger partial charge in [0.15, 0.2) is 5.65 Å². The van der Waals surface area contributed by atoms with E-state index in [0.717, 1.165) is 17.4 Å². The van der Waals surface area contributed by atoms with Crippen molar-refractivity contribution in [1.29, 1.82) is 0 Å². The molecule has 3 aromatic rings. The van der Waals surface area contributed by atoms with Crippen molar-refractivity contribution in [3.8, 4) is 0 Å². The Kier molecular flexibility index (Phi) is 6.79. The van der Waals surface area contributed by atoms with Crippen molar-refractivity contribution in [2.24, 2.45) is 0 Å². The second-order valence-electron chi connectivity index (χ2n) is 8.40. The molecule has 1 aliphatic heterocycles. The number of aromatic nitrogens is 3. The van der Waals surface area contributed by atoms with Crippen LogP contribution in [-0.2, 0) is 35.1 Å². The molecule has 1 amide bonds. The molecule has 1 aromatic carbocycles. The molecule has 182 valence electrons. The maximum Gasteiger partial charge on any atom is 0.416 e. The fraction of sp³-hybridized carbons (Fsp3) is 0.458. The van der Waals surface area contributed by atoms with Gasteiger partial charge in [-0.1, -0.05) is 19.1 Å². The average molecular weight is 476 g/mol. The molecule has 7 nitrogen and oxygen atoms in total. The molecule has 1 N–H and O–H groups in total. The number of benzene rings is 1. The highest BCUT2D eigenvalue weighted by atomic mass is 19.4. The summed E-state index contributed by atoms with van der Waals surface area (Å²) < 4.78 is 47.7. The first-order valence-corrected chi connectivity index (χ1v) is 11.3. The van der Waals surface area contributed by atoms with Gasteiger partial charge in [-0.25, -0.2) is 9.50 Å². The molecule has 1 saturated heterocycles. The third-order valence-corrected chi connectivity index (χ3v) is 6.15. The number of halogens is 3. The van der Waals surface area contributed by atoms with Crippen LogP contribution in [0.15, 0.2) is 24.3 Å². The molecule has 4 rings (SSSR count). The van der Waals surface area contributed by atoms with E-state index in [-0.39, 0.29) is 24.4 Å². The number of morpholine rings is 1. The van der Waals surface area contributed by atoms with Gasteiger partial charge in [0, 0.05) is 32.0 Å². The number of ether oxygens (including phenoxy) is 1. The zero-order chi connectivity index (χ0) is 24.5. The Morgan fingerprint density at radius 1 is 1.21 bits per heavy atom. The second-order valence-corrected chi connectivity index (χ2v) is 8.40. The molecule has 1 aliphatic rings. The van der Waals surface area contributed by atoms with Gasteiger partial charge < -0.3 is 15.0 Å². The smallest absolute Gasteiger partial charge is 0.378 e. The van der Waals surface area contributed by atoms with E-state index < -0.39 is 11.7 Å². The number of nitrogens with one attached hydrogen (secondary N) is 1. The number of aryl methyl sites for hydroxylation is 1. The standard InChI is InChI=1S/C24H28F3N5O2/c1-4-17-13-22(31-8-10-34-11-9-31)30-32-21(20(29-23(17)32)14-28-16(3)33)12-18-6-5-7-19(15(18)2)24(25,26)27/h5-7,13H,4,8-12,14H2,1-3H3,(H,28,33). The van der Waals surface area contributed by atoms with Crippen molar-refractivity contribution < 1.29 is 22.7 Å². The van der Waals surface area contributed by atoms with Crippen LogP contribution in [0.4, 0.5) is 19.0 Å². The minimum Gasteiger partial charge on any atom is -0.378 e. The summed E-state index contributed by atoms with van der Waals surface area (Å²) in [5.41, 5.74) is 2.95. The predicted octanol–water partition coefficient (Wildman–Crippen LogP) is 3.68. The van der Waals surface area contributed by atoms with Gasteiger partial charge in [-0.05, 0) is 36.6 Å². The number of nitrogens with zero attached hydrogens (tertiary/aromatic N) is 4. The predicted molar refractivity (Wildman–Crippen MR) is 122 cm³/mol. The minimum atomic E-state index is -4.43. The van der Waals surface area contributed by atoms with E-state index >= 15 is 0 Å². The fourth-order valence-electron chi connectivity index (χ4n) is 4.25. The van der Waals surface area contributed by atoms with Gasteiger partial charge in [-0.3, -0.25) is 4.79 Å². The summed E-state index contributed by atoms with van der Waals surface area (Å²) in [6.45, 7) is 7.72. The molecule has 1 fully saturated rings. The summed E-state index contributed by atoms with van der Waals surface area (Å²) in [5, 5.41) is 7.61. The van der Waals surface area contributed by atoms with Crippen molar-refractivity contribution in [3.63, 3.8) is 0 Å². The van der Waals surface area contributed by atoms with E-state index in [9.17, 15) is 18.0 Å². The lowest BCUT2D eigenvalue weighted by Crippen LogP contribution is -2.37. The van der Waals surface area contributed by atoms with E-state index in [0.29, 0.717) is 55.3 Å². The number of hydrogen-bond acceptors (Lipinski definition) is 5. The molecule has 0 unspecified atom stereocenters. The number of carbonyl (C=O) groups excluding carboxylic acids is 1. The molecular formula is C24H28F3N5O2. The van der Waals surface area contributed by atoms with Crippen LogP contribution in [0.1, 0.15) is 47.5 Å². The van der Waals surface area contributed by atoms with Gasteiger partial charge in [0.1, 0.15) is 5.82 Å². The number of hydrogen-bond donors (Lipinski definition) is 1. The Hall–Kier alpha value is -3.14. The molecule has 10 heteroatoms. The number of alkyl halides is 3. The second kappa shape index (κ2) is 9.61. The van der Waals surface area contributed by atoms with Crippen molar-refractivity contribution in [2.75, 3.05) is 31.2 Å². The monoisotopic (exact) mass is 475 g/mol. The van der Waals surface area contributed by atoms with E-state index in [1.54, 1.807) is 10.6 Å². The van der Waals surface area contributed by atoms with Crippen molar-refractivity contribution in [3.05, 3.63) is 57.9 Å². The average Bonchev–Trinajstić information content (AvgIpc) is 3.15. The zero-order valence-corrected chi connectivity index (χ0v) is 19.5. The largest absolute Gasteiger partial charge is 0.416 e. The van der Waals surface area contributed by atoms with Gasteiger partial charge in [-0.2, -0.15) is 13.2 Å². The Bertz CT molecular complexity index is 1200. The topological polar surface area (TPSA) is 71.8 Å². The molecule has 0 aliphatic carbocycles. The molecule has 0 spiro atoms. The summed E-state index contributed by atoms with van der Waals surface area (Å²) >= 11 is 0. The van der Waals surface area contributed by atoms with Crippen molar-refractivity contribution >= 4 is 17.4 Å². The zero-order valence-electron chi connectivity index (χ0n) is 19.5. The quantitative estimate of drug-likeness (QED) is 0.589. The van der Waals surface area contributed by atoms with E-state index in [2.05, 4.69) is 10.2 Å². The molecule has 0 bridgehead atoms. The first-order chi connectivity index (χ1) is 16.2. The normalized spacial score (nSPS) is 14.6. The summed E-state index contributed by atoms with van der Waals surface area (Å²) in [6.07, 6.45) is -3.52. The van der Waals surface area contributed by atoms with Gasteiger partial charge in [0.05, 0.1) is 36.7 Å². The van der Waals surface area contributed by atoms with Crippen molar-refractivity contribution in [1.82, 2.24) is 19.9 Å². The van der Waals surface area contributed by atoms with Crippen LogP contribution in [-0.4, -0.2) is 46.8 Å². The van der Waals surface area contributed by atoms with Crippen LogP contribution in [0, 0.1) is 6.92 Å². The Labute approximate surface area is 195 Å². The van der Waals surface area contributed by atoms with Crippen LogP contribution in [0.5, 0.6) is 0 Å². The molecule has 3 heterocycles. The number of anilines is 1. The first-order valence-electron chi connectivity index (χ1n) is 11.3. The van der Waals surface area contributed by atoms with E-state index in [1.807, 2.05) is 13.0 Å². The van der Waals surface area contributed by atoms with Crippen LogP contribution < -0.4 is 10.2 Å². The highest BCUT2D eigenvalue weighted by Crippen LogP contribution is 2.34. The highest BCUT2D eigenvalue weighted by molar-refractivity contribution is 5.72. The molecule has 34 heavy (non-hydrogen) atoms. The summed E-state index contributed by atoms with van der Waals surface area (Å²) in [5.74, 6) is 0.564. The lowest BCUT2D eigenvalue weighted by molar-refractivity contribution is -0.138. The number of amides is 1. The van der Waals surface area contributed by atoms with E-state index in [1.165, 1.54) is 19.9 Å². The number of imidazole rings is 1. The lowest BCUT2D eigenvalue weighted by Gasteiger charge is -2.28. The molecule has 0 atom stereocenters. The van der Waals surface area contributed by atoms with Crippen molar-refractivity contribution in [2.45, 2.75) is 46.3 Å². The molecule has 0 radical (unpaired) electrons. The van der Waals surface area contributed by atoms with Gasteiger partial charge in [0.25, 0.3) is 0 Å². The highest BCUT2D eigenvalue weighted by Gasteiger charge is 2.33. The first kappa shape index (κ1) is 24.0. The Morgan fingerprint density at radius 3 is 2.59 bits per heavy atom. The minimum absolute atomic E-state index is 0.169. The Balaban J connectivity index is 1.85. The van der Waals surface area contributed by atoms with Crippen LogP contribution in [0.3, 0.4) is 0 Å². The van der Waals surface area contributed by atoms with Gasteiger partial charge in [-0.15, -0.1) is 5.10 Å². The van der Waals surface area contributed by atoms with Crippen LogP contribution in [0.25, 0.3) is 5.65 Å². The van der Waals surface area contributed by atoms with Gasteiger partial charge >= 0.3 is 6.18 Å². The SMILES string of the molecule is CCc1cc(N2CCOCC2)nn2c(Cc3cccc(C(F)(F)F)c3C)c(CNC(C)=O)nc12. The molecular weight excluding hydrogens is 447 g/mol. The van der Waals surface area contributed by atoms with Gasteiger partial charge in [0.2, 0.25) is 5.91 Å². The van der Waals surface area contributed by atoms with E-state index in [4.69, 9.17) is 14.8 Å². The Morgan fingerprint density at radius 2 is 1.94 bits per heavy atom. The maximum absolute atomic E-state index is 13.5. The number of fused-ring (bicyclic) bond motifs is 1. The van der Waals surface area contributed by atoms with Crippen LogP contribution >= 0.6 is 0 Å². The number of carbonyl (C=O) groups is 1. The van der Waals surface area contributed by atoms with Crippen LogP contribution in [0.2, 0.25) is 0 Å². The molecule has 0 saturated carbocycles. The third kappa shape index (κ3) is 4.86. The lowest BCUT2D eigenvalue weighted by atomic mass is 9.98. The summed E-state index contributed by atoms with van der Waals surface area (Å²) in [7, 11) is 0. The third-order valence-electron chi connectivity index (χ3n) is 6.15. The summed E-state index contributed by atoms with van der Waals surface area (Å²) in [4.78, 5) is 18.5. The summed E-state index contributed by atoms with van der Waals surface area (Å²) in [6, 6.07) is 6.22. The number of rotatable bonds is 6. The fourth-order valence-corrected chi connectivity index (χ4v) is 4.25.